The SMILES string of the molecule is COc1ccc(N(CCS[C@@H]2C(=O)O[C@@]3(C)[C@H]2[C@@H](C)C(=O)[C@H](C)C[C@@](C)(OC)[C@H](O[C@@H]2O[C@H](C)CC[C@H]2O)[C@@H](C)[C@H](O[C@H]2C[C@@](C)(OC)[C@@H](O)[C@H](C)O2)[C@@H](C)C(=O)O[C@@H]3C)Cc2c(Cl)cncc2Cl)cc1OC1CCCC1. The average Bonchev–Trinajstić information content (AvgIpc) is 4.05. The summed E-state index contributed by atoms with van der Waals surface area (Å²) in [6.45, 7) is 18.6. The van der Waals surface area contributed by atoms with Crippen molar-refractivity contribution in [1.29, 1.82) is 0 Å². The largest absolute Gasteiger partial charge is 0.493 e. The number of benzene rings is 1. The molecule has 0 amide bonds. The number of aliphatic hydroxyl groups excluding tert-OH is 2. The van der Waals surface area contributed by atoms with E-state index in [1.807, 2.05) is 52.8 Å². The van der Waals surface area contributed by atoms with Crippen molar-refractivity contribution in [3.05, 3.63) is 46.2 Å². The van der Waals surface area contributed by atoms with E-state index in [-0.39, 0.29) is 30.8 Å². The van der Waals surface area contributed by atoms with Crippen LogP contribution in [0.15, 0.2) is 30.6 Å². The first kappa shape index (κ1) is 61.6. The van der Waals surface area contributed by atoms with Crippen LogP contribution in [-0.2, 0) is 58.8 Å². The number of pyridine rings is 1. The van der Waals surface area contributed by atoms with E-state index >= 15 is 4.79 Å². The molecule has 0 spiro atoms. The molecule has 4 aliphatic heterocycles. The molecule has 432 valence electrons. The van der Waals surface area contributed by atoms with Gasteiger partial charge in [0, 0.05) is 92.9 Å². The lowest BCUT2D eigenvalue weighted by molar-refractivity contribution is -0.315. The normalized spacial score (nSPS) is 38.6. The minimum Gasteiger partial charge on any atom is -0.493 e. The number of rotatable bonds is 16. The van der Waals surface area contributed by atoms with Gasteiger partial charge in [0.05, 0.1) is 64.8 Å². The van der Waals surface area contributed by atoms with Gasteiger partial charge in [0.1, 0.15) is 29.3 Å². The third-order valence-electron chi connectivity index (χ3n) is 17.4. The number of carbonyl (C=O) groups excluding carboxylic acids is 3. The van der Waals surface area contributed by atoms with Crippen LogP contribution in [0.1, 0.15) is 126 Å². The maximum absolute atomic E-state index is 15.3. The standard InChI is InChI=1S/C57H84Cl2N2O15S/c1-30-25-56(9,69-13)51(75-54-42(62)20-18-31(2)70-54)33(4)48(74-45-26-55(8,68-12)50(64)35(6)71-45)34(5)52(65)72-36(7)57(10)46(32(3)47(30)63)49(53(66)76-57)77-23-22-61(29-39-40(58)27-60-28-41(39)59)37-19-21-43(67-11)44(24-37)73-38-16-14-15-17-38/h19,21,24,27-28,30-36,38,42,45-46,48-51,54,62,64H,14-18,20,22-23,25-26,29H2,1-13H3/t30-,31-,32-,33+,34-,35+,36-,42-,45+,46+,48+,49+,50+,51-,54+,55-,56-,57-/m1/s1. The number of thioether (sulfide) groups is 1. The van der Waals surface area contributed by atoms with Crippen molar-refractivity contribution < 1.29 is 72.0 Å². The van der Waals surface area contributed by atoms with Crippen LogP contribution in [0.2, 0.25) is 10.0 Å². The number of aromatic nitrogens is 1. The van der Waals surface area contributed by atoms with Gasteiger partial charge in [-0.15, -0.1) is 11.8 Å². The van der Waals surface area contributed by atoms with Crippen molar-refractivity contribution in [2.45, 2.75) is 211 Å². The first-order valence-corrected chi connectivity index (χ1v) is 29.2. The molecule has 2 N–H and O–H groups in total. The molecule has 1 saturated carbocycles. The molecule has 7 rings (SSSR count). The van der Waals surface area contributed by atoms with E-state index in [0.717, 1.165) is 31.4 Å². The topological polar surface area (TPSA) is 200 Å². The number of Topliss-reactive ketones (excluding diaryl/α,β-unsaturated/α-hetero) is 1. The van der Waals surface area contributed by atoms with Crippen molar-refractivity contribution in [1.82, 2.24) is 4.98 Å². The zero-order valence-corrected chi connectivity index (χ0v) is 49.5. The number of hydrogen-bond acceptors (Lipinski definition) is 18. The van der Waals surface area contributed by atoms with Gasteiger partial charge in [-0.2, -0.15) is 0 Å². The van der Waals surface area contributed by atoms with Gasteiger partial charge in [0.2, 0.25) is 0 Å². The monoisotopic (exact) mass is 1140 g/mol. The molecule has 1 aromatic carbocycles. The quantitative estimate of drug-likeness (QED) is 0.151. The Morgan fingerprint density at radius 3 is 2.14 bits per heavy atom. The summed E-state index contributed by atoms with van der Waals surface area (Å²) in [6.07, 6.45) is 0.611. The van der Waals surface area contributed by atoms with Gasteiger partial charge in [-0.25, -0.2) is 0 Å². The highest BCUT2D eigenvalue weighted by Crippen LogP contribution is 2.49. The Hall–Kier alpha value is -3.01. The lowest BCUT2D eigenvalue weighted by Crippen LogP contribution is -2.60. The molecule has 5 aliphatic rings. The molecule has 0 unspecified atom stereocenters. The van der Waals surface area contributed by atoms with Gasteiger partial charge < -0.3 is 62.5 Å². The highest BCUT2D eigenvalue weighted by molar-refractivity contribution is 8.00. The summed E-state index contributed by atoms with van der Waals surface area (Å²) >= 11 is 14.8. The Balaban J connectivity index is 1.23. The zero-order valence-electron chi connectivity index (χ0n) is 47.2. The molecule has 4 saturated heterocycles. The molecular formula is C57H84Cl2N2O15S. The number of anilines is 1. The van der Waals surface area contributed by atoms with Crippen molar-refractivity contribution in [2.75, 3.05) is 38.5 Å². The second-order valence-corrected chi connectivity index (χ2v) is 24.9. The van der Waals surface area contributed by atoms with Gasteiger partial charge in [-0.05, 0) is 106 Å². The Morgan fingerprint density at radius 2 is 1.49 bits per heavy atom. The van der Waals surface area contributed by atoms with Gasteiger partial charge in [-0.3, -0.25) is 19.4 Å². The van der Waals surface area contributed by atoms with Crippen LogP contribution in [0.5, 0.6) is 11.5 Å². The molecule has 1 aliphatic carbocycles. The highest BCUT2D eigenvalue weighted by atomic mass is 35.5. The van der Waals surface area contributed by atoms with Crippen molar-refractivity contribution in [2.24, 2.45) is 29.6 Å². The molecular weight excluding hydrogens is 1060 g/mol. The van der Waals surface area contributed by atoms with E-state index in [1.54, 1.807) is 61.2 Å². The second-order valence-electron chi connectivity index (χ2n) is 22.9. The summed E-state index contributed by atoms with van der Waals surface area (Å²) in [5.74, 6) is -3.75. The Morgan fingerprint density at radius 1 is 0.818 bits per heavy atom. The van der Waals surface area contributed by atoms with Crippen LogP contribution in [0.3, 0.4) is 0 Å². The van der Waals surface area contributed by atoms with E-state index in [1.165, 1.54) is 18.9 Å². The fraction of sp³-hybridized carbons (Fsp3) is 0.754. The number of esters is 2. The molecule has 5 fully saturated rings. The molecule has 1 aromatic heterocycles. The predicted octanol–water partition coefficient (Wildman–Crippen LogP) is 9.17. The molecule has 0 bridgehead atoms. The van der Waals surface area contributed by atoms with Crippen LogP contribution in [0.25, 0.3) is 0 Å². The number of aliphatic hydroxyl groups is 2. The van der Waals surface area contributed by atoms with Crippen LogP contribution < -0.4 is 14.4 Å². The molecule has 20 heteroatoms. The van der Waals surface area contributed by atoms with Crippen LogP contribution in [0.4, 0.5) is 5.69 Å². The minimum absolute atomic E-state index is 0.0706. The Bertz CT molecular complexity index is 2330. The number of methoxy groups -OCH3 is 3. The number of cyclic esters (lactones) is 1. The number of fused-ring (bicyclic) bond motifs is 1. The summed E-state index contributed by atoms with van der Waals surface area (Å²) in [6, 6.07) is 5.77. The average molecular weight is 1140 g/mol. The van der Waals surface area contributed by atoms with Crippen LogP contribution in [0, 0.1) is 29.6 Å². The summed E-state index contributed by atoms with van der Waals surface area (Å²) in [4.78, 5) is 51.1. The number of ether oxygens (including phenoxy) is 10. The number of hydrogen-bond donors (Lipinski definition) is 2. The minimum atomic E-state index is -1.47. The van der Waals surface area contributed by atoms with Crippen LogP contribution >= 0.6 is 35.0 Å². The fourth-order valence-electron chi connectivity index (χ4n) is 12.4. The molecule has 77 heavy (non-hydrogen) atoms. The summed E-state index contributed by atoms with van der Waals surface area (Å²) in [5, 5.41) is 22.4. The number of carbonyl (C=O) groups is 3. The Labute approximate surface area is 469 Å². The molecule has 2 aromatic rings. The Kier molecular flexibility index (Phi) is 20.7. The molecule has 17 nitrogen and oxygen atoms in total. The number of halogens is 2. The summed E-state index contributed by atoms with van der Waals surface area (Å²) in [7, 11) is 4.67. The third-order valence-corrected chi connectivity index (χ3v) is 19.4. The molecule has 18 atom stereocenters. The lowest BCUT2D eigenvalue weighted by Gasteiger charge is -2.49. The molecule has 5 heterocycles. The van der Waals surface area contributed by atoms with Gasteiger partial charge >= 0.3 is 11.9 Å². The first-order valence-electron chi connectivity index (χ1n) is 27.4. The first-order chi connectivity index (χ1) is 36.4. The number of ketones is 1. The van der Waals surface area contributed by atoms with E-state index in [0.29, 0.717) is 58.8 Å². The summed E-state index contributed by atoms with van der Waals surface area (Å²) in [5.41, 5.74) is -2.32. The van der Waals surface area contributed by atoms with Crippen molar-refractivity contribution in [3.8, 4) is 11.5 Å². The van der Waals surface area contributed by atoms with E-state index in [9.17, 15) is 19.8 Å². The predicted molar refractivity (Wildman–Crippen MR) is 292 cm³/mol. The van der Waals surface area contributed by atoms with Crippen LogP contribution in [-0.4, -0.2) is 150 Å². The maximum atomic E-state index is 15.3. The summed E-state index contributed by atoms with van der Waals surface area (Å²) < 4.78 is 63.7. The van der Waals surface area contributed by atoms with Crippen molar-refractivity contribution in [3.63, 3.8) is 0 Å². The third kappa shape index (κ3) is 13.5. The van der Waals surface area contributed by atoms with Crippen molar-refractivity contribution >= 4 is 58.4 Å². The second kappa shape index (κ2) is 25.8. The van der Waals surface area contributed by atoms with E-state index < -0.39 is 113 Å². The zero-order chi connectivity index (χ0) is 56.3. The highest BCUT2D eigenvalue weighted by Gasteiger charge is 2.61. The smallest absolute Gasteiger partial charge is 0.320 e. The molecule has 0 radical (unpaired) electrons. The van der Waals surface area contributed by atoms with E-state index in [2.05, 4.69) is 9.88 Å². The van der Waals surface area contributed by atoms with Gasteiger partial charge in [0.25, 0.3) is 0 Å². The number of nitrogens with zero attached hydrogens (tertiary/aromatic N) is 2. The maximum Gasteiger partial charge on any atom is 0.320 e. The fourth-order valence-corrected chi connectivity index (χ4v) is 14.4. The lowest BCUT2D eigenvalue weighted by atomic mass is 9.70. The van der Waals surface area contributed by atoms with Gasteiger partial charge in [0.15, 0.2) is 29.7 Å². The van der Waals surface area contributed by atoms with Gasteiger partial charge in [-0.1, -0.05) is 44.0 Å². The van der Waals surface area contributed by atoms with E-state index in [4.69, 9.17) is 70.6 Å².